The highest BCUT2D eigenvalue weighted by molar-refractivity contribution is 7.99. The van der Waals surface area contributed by atoms with Crippen molar-refractivity contribution in [2.75, 3.05) is 34.0 Å². The molecule has 0 amide bonds. The number of nitrogens with zero attached hydrogens (tertiary/aromatic N) is 3. The van der Waals surface area contributed by atoms with E-state index in [0.29, 0.717) is 0 Å². The predicted molar refractivity (Wildman–Crippen MR) is 98.0 cm³/mol. The Morgan fingerprint density at radius 2 is 2.27 bits per heavy atom. The molecule has 0 aliphatic heterocycles. The Hall–Kier alpha value is -0.790. The van der Waals surface area contributed by atoms with E-state index in [2.05, 4.69) is 45.7 Å². The van der Waals surface area contributed by atoms with Crippen LogP contribution in [0.4, 0.5) is 0 Å². The lowest BCUT2D eigenvalue weighted by molar-refractivity contribution is 0.119. The van der Waals surface area contributed by atoms with Gasteiger partial charge in [0.1, 0.15) is 11.1 Å². The van der Waals surface area contributed by atoms with Crippen LogP contribution in [0, 0.1) is 0 Å². The number of aromatic nitrogens is 1. The van der Waals surface area contributed by atoms with Crippen LogP contribution in [0.1, 0.15) is 37.6 Å². The number of rotatable bonds is 7. The van der Waals surface area contributed by atoms with Crippen LogP contribution in [-0.4, -0.2) is 54.6 Å². The van der Waals surface area contributed by atoms with Crippen molar-refractivity contribution < 1.29 is 4.74 Å². The average Bonchev–Trinajstić information content (AvgIpc) is 2.95. The van der Waals surface area contributed by atoms with Crippen molar-refractivity contribution in [1.82, 2.24) is 15.2 Å². The van der Waals surface area contributed by atoms with Crippen molar-refractivity contribution in [3.05, 3.63) is 16.1 Å². The largest absolute Gasteiger partial charge is 0.375 e. The molecule has 0 spiro atoms. The molecule has 22 heavy (non-hydrogen) atoms. The first-order chi connectivity index (χ1) is 10.3. The van der Waals surface area contributed by atoms with Gasteiger partial charge in [-0.2, -0.15) is 11.8 Å². The fraction of sp³-hybridized carbons (Fsp3) is 0.733. The topological polar surface area (TPSA) is 49.8 Å². The molecule has 5 nitrogen and oxygen atoms in total. The molecule has 1 heterocycles. The van der Waals surface area contributed by atoms with Gasteiger partial charge in [0.05, 0.1) is 12.2 Å². The van der Waals surface area contributed by atoms with Crippen LogP contribution in [0.25, 0.3) is 0 Å². The van der Waals surface area contributed by atoms with Gasteiger partial charge in [0, 0.05) is 37.9 Å². The van der Waals surface area contributed by atoms with Crippen LogP contribution in [-0.2, 0) is 11.3 Å². The highest BCUT2D eigenvalue weighted by Crippen LogP contribution is 2.21. The zero-order valence-electron chi connectivity index (χ0n) is 14.6. The minimum Gasteiger partial charge on any atom is -0.375 e. The number of thioether (sulfide) groups is 1. The number of thiazole rings is 1. The Balaban J connectivity index is 2.62. The number of ether oxygens (including phenoxy) is 1. The molecule has 0 aromatic carbocycles. The van der Waals surface area contributed by atoms with E-state index in [0.717, 1.165) is 29.8 Å². The van der Waals surface area contributed by atoms with Crippen LogP contribution in [0.3, 0.4) is 0 Å². The molecule has 1 rings (SSSR count). The van der Waals surface area contributed by atoms with Crippen molar-refractivity contribution >= 4 is 29.1 Å². The van der Waals surface area contributed by atoms with Crippen LogP contribution in [0.15, 0.2) is 10.4 Å². The maximum atomic E-state index is 5.31. The summed E-state index contributed by atoms with van der Waals surface area (Å²) in [5.41, 5.74) is 1.04. The van der Waals surface area contributed by atoms with Crippen LogP contribution in [0.5, 0.6) is 0 Å². The van der Waals surface area contributed by atoms with E-state index in [9.17, 15) is 0 Å². The highest BCUT2D eigenvalue weighted by atomic mass is 32.2. The fourth-order valence-corrected chi connectivity index (χ4v) is 2.81. The Labute approximate surface area is 142 Å². The number of guanidine groups is 1. The molecule has 1 atom stereocenters. The molecular weight excluding hydrogens is 316 g/mol. The summed E-state index contributed by atoms with van der Waals surface area (Å²) in [7, 11) is 5.54. The Morgan fingerprint density at radius 1 is 1.59 bits per heavy atom. The van der Waals surface area contributed by atoms with Gasteiger partial charge in [-0.1, -0.05) is 0 Å². The lowest BCUT2D eigenvalue weighted by Gasteiger charge is -2.27. The molecule has 0 radical (unpaired) electrons. The molecule has 1 unspecified atom stereocenters. The lowest BCUT2D eigenvalue weighted by Crippen LogP contribution is -2.43. The number of methoxy groups -OCH3 is 1. The third kappa shape index (κ3) is 5.78. The fourth-order valence-electron chi connectivity index (χ4n) is 1.75. The third-order valence-corrected chi connectivity index (χ3v) is 5.77. The average molecular weight is 345 g/mol. The molecule has 0 saturated carbocycles. The normalized spacial score (nSPS) is 14.0. The lowest BCUT2D eigenvalue weighted by atomic mass is 10.2. The number of hydrogen-bond acceptors (Lipinski definition) is 5. The van der Waals surface area contributed by atoms with E-state index in [1.54, 1.807) is 18.4 Å². The van der Waals surface area contributed by atoms with Crippen LogP contribution < -0.4 is 5.32 Å². The van der Waals surface area contributed by atoms with E-state index >= 15 is 0 Å². The summed E-state index contributed by atoms with van der Waals surface area (Å²) in [4.78, 5) is 11.1. The van der Waals surface area contributed by atoms with E-state index in [-0.39, 0.29) is 10.9 Å². The summed E-state index contributed by atoms with van der Waals surface area (Å²) in [6.07, 6.45) is 2.17. The summed E-state index contributed by atoms with van der Waals surface area (Å²) in [5.74, 6) is 0.886. The molecule has 1 N–H and O–H groups in total. The molecule has 0 fully saturated rings. The van der Waals surface area contributed by atoms with Gasteiger partial charge in [-0.25, -0.2) is 4.98 Å². The zero-order chi connectivity index (χ0) is 16.8. The summed E-state index contributed by atoms with van der Waals surface area (Å²) in [5, 5.41) is 6.52. The molecule has 126 valence electrons. The molecular formula is C15H28N4OS2. The maximum absolute atomic E-state index is 5.31. The minimum atomic E-state index is 0.0453. The molecule has 1 aromatic rings. The first kappa shape index (κ1) is 19.3. The minimum absolute atomic E-state index is 0.0453. The summed E-state index contributed by atoms with van der Waals surface area (Å²) >= 11 is 3.48. The standard InChI is InChI=1S/C15H28N4OS2/c1-11(20-6)13-18-12(9-22-13)8-19(5)14(16-4)17-10-15(2,3)21-7/h9,11H,8,10H2,1-7H3,(H,16,17). The predicted octanol–water partition coefficient (Wildman–Crippen LogP) is 3.00. The highest BCUT2D eigenvalue weighted by Gasteiger charge is 2.18. The van der Waals surface area contributed by atoms with Gasteiger partial charge in [-0.3, -0.25) is 4.99 Å². The zero-order valence-corrected chi connectivity index (χ0v) is 16.3. The second-order valence-corrected chi connectivity index (χ2v) is 8.18. The Bertz CT molecular complexity index is 488. The second-order valence-electron chi connectivity index (χ2n) is 5.78. The van der Waals surface area contributed by atoms with Crippen LogP contribution >= 0.6 is 23.1 Å². The molecule has 0 aliphatic carbocycles. The molecule has 0 saturated heterocycles. The maximum Gasteiger partial charge on any atom is 0.193 e. The second kappa shape index (κ2) is 8.74. The first-order valence-corrected chi connectivity index (χ1v) is 9.37. The monoisotopic (exact) mass is 344 g/mol. The summed E-state index contributed by atoms with van der Waals surface area (Å²) in [6, 6.07) is 0. The van der Waals surface area contributed by atoms with Gasteiger partial charge in [-0.15, -0.1) is 11.3 Å². The van der Waals surface area contributed by atoms with E-state index in [4.69, 9.17) is 4.74 Å². The van der Waals surface area contributed by atoms with Crippen molar-refractivity contribution in [3.8, 4) is 0 Å². The summed E-state index contributed by atoms with van der Waals surface area (Å²) in [6.45, 7) is 8.05. The first-order valence-electron chi connectivity index (χ1n) is 7.27. The Kier molecular flexibility index (Phi) is 7.65. The molecule has 0 aliphatic rings. The van der Waals surface area contributed by atoms with Gasteiger partial charge in [0.2, 0.25) is 0 Å². The van der Waals surface area contributed by atoms with Crippen molar-refractivity contribution in [2.24, 2.45) is 4.99 Å². The third-order valence-electron chi connectivity index (χ3n) is 3.47. The van der Waals surface area contributed by atoms with Gasteiger partial charge in [0.15, 0.2) is 5.96 Å². The number of nitrogens with one attached hydrogen (secondary N) is 1. The van der Waals surface area contributed by atoms with E-state index in [1.165, 1.54) is 0 Å². The SMILES string of the molecule is CN=C(NCC(C)(C)SC)N(C)Cc1csc(C(C)OC)n1. The quantitative estimate of drug-likeness (QED) is 0.609. The molecule has 1 aromatic heterocycles. The molecule has 0 bridgehead atoms. The van der Waals surface area contributed by atoms with E-state index in [1.807, 2.05) is 32.8 Å². The smallest absolute Gasteiger partial charge is 0.193 e. The van der Waals surface area contributed by atoms with Gasteiger partial charge in [0.25, 0.3) is 0 Å². The Morgan fingerprint density at radius 3 is 2.82 bits per heavy atom. The van der Waals surface area contributed by atoms with Gasteiger partial charge < -0.3 is 15.0 Å². The van der Waals surface area contributed by atoms with Crippen LogP contribution in [0.2, 0.25) is 0 Å². The van der Waals surface area contributed by atoms with Crippen molar-refractivity contribution in [3.63, 3.8) is 0 Å². The van der Waals surface area contributed by atoms with Crippen molar-refractivity contribution in [2.45, 2.75) is 38.2 Å². The van der Waals surface area contributed by atoms with E-state index < -0.39 is 0 Å². The van der Waals surface area contributed by atoms with Gasteiger partial charge in [-0.05, 0) is 27.0 Å². The molecule has 7 heteroatoms. The number of hydrogen-bond donors (Lipinski definition) is 1. The number of aliphatic imine (C=N–C) groups is 1. The van der Waals surface area contributed by atoms with Gasteiger partial charge >= 0.3 is 0 Å². The summed E-state index contributed by atoms with van der Waals surface area (Å²) < 4.78 is 5.49. The van der Waals surface area contributed by atoms with Crippen molar-refractivity contribution in [1.29, 1.82) is 0 Å².